The molecule has 0 atom stereocenters. The second-order valence-corrected chi connectivity index (χ2v) is 6.39. The van der Waals surface area contributed by atoms with Gasteiger partial charge in [-0.2, -0.15) is 0 Å². The number of thiazole rings is 1. The Morgan fingerprint density at radius 2 is 2.26 bits per heavy atom. The smallest absolute Gasteiger partial charge is 0.0937 e. The van der Waals surface area contributed by atoms with Gasteiger partial charge in [0.15, 0.2) is 0 Å². The van der Waals surface area contributed by atoms with E-state index in [1.165, 1.54) is 29.0 Å². The first-order chi connectivity index (χ1) is 9.31. The molecule has 0 aliphatic heterocycles. The molecule has 19 heavy (non-hydrogen) atoms. The number of hydrogen-bond acceptors (Lipinski definition) is 3. The van der Waals surface area contributed by atoms with Crippen LogP contribution >= 0.6 is 11.3 Å². The summed E-state index contributed by atoms with van der Waals surface area (Å²) in [5.41, 5.74) is 2.88. The molecule has 3 rings (SSSR count). The lowest BCUT2D eigenvalue weighted by molar-refractivity contribution is 0.292. The summed E-state index contributed by atoms with van der Waals surface area (Å²) >= 11 is 1.75. The quantitative estimate of drug-likeness (QED) is 0.900. The topological polar surface area (TPSA) is 24.9 Å². The van der Waals surface area contributed by atoms with Crippen molar-refractivity contribution in [3.05, 3.63) is 52.0 Å². The van der Waals surface area contributed by atoms with E-state index in [9.17, 15) is 0 Å². The van der Waals surface area contributed by atoms with Crippen LogP contribution in [0.2, 0.25) is 0 Å². The molecule has 0 amide bonds. The molecule has 2 aromatic rings. The molecular formula is C16H20N2S. The van der Waals surface area contributed by atoms with E-state index in [0.717, 1.165) is 18.9 Å². The lowest BCUT2D eigenvalue weighted by atomic mass is 9.75. The van der Waals surface area contributed by atoms with E-state index in [1.807, 2.05) is 11.6 Å². The molecule has 1 aromatic carbocycles. The Kier molecular flexibility index (Phi) is 3.95. The van der Waals surface area contributed by atoms with Crippen molar-refractivity contribution in [2.24, 2.45) is 0 Å². The predicted molar refractivity (Wildman–Crippen MR) is 80.8 cm³/mol. The van der Waals surface area contributed by atoms with Crippen molar-refractivity contribution in [2.75, 3.05) is 6.54 Å². The summed E-state index contributed by atoms with van der Waals surface area (Å²) < 4.78 is 0. The fourth-order valence-electron chi connectivity index (χ4n) is 2.74. The molecule has 0 saturated heterocycles. The number of hydrogen-bond donors (Lipinski definition) is 1. The zero-order chi connectivity index (χ0) is 13.1. The SMILES string of the molecule is Cc1cccc(C2CC(NCCc3nccs3)C2)c1. The number of aromatic nitrogens is 1. The Labute approximate surface area is 118 Å². The Balaban J connectivity index is 1.41. The minimum atomic E-state index is 0.700. The van der Waals surface area contributed by atoms with Crippen LogP contribution in [-0.2, 0) is 6.42 Å². The van der Waals surface area contributed by atoms with Crippen LogP contribution in [0.3, 0.4) is 0 Å². The number of aryl methyl sites for hydroxylation is 1. The van der Waals surface area contributed by atoms with E-state index in [2.05, 4.69) is 41.5 Å². The van der Waals surface area contributed by atoms with Crippen molar-refractivity contribution in [3.63, 3.8) is 0 Å². The van der Waals surface area contributed by atoms with Crippen LogP contribution in [-0.4, -0.2) is 17.6 Å². The van der Waals surface area contributed by atoms with Gasteiger partial charge in [0.2, 0.25) is 0 Å². The maximum atomic E-state index is 4.31. The molecule has 1 heterocycles. The Morgan fingerprint density at radius 3 is 3.00 bits per heavy atom. The number of benzene rings is 1. The van der Waals surface area contributed by atoms with Crippen molar-refractivity contribution in [3.8, 4) is 0 Å². The van der Waals surface area contributed by atoms with E-state index in [-0.39, 0.29) is 0 Å². The van der Waals surface area contributed by atoms with Crippen LogP contribution in [0.15, 0.2) is 35.8 Å². The van der Waals surface area contributed by atoms with Crippen LogP contribution < -0.4 is 5.32 Å². The van der Waals surface area contributed by atoms with Crippen LogP contribution in [0.5, 0.6) is 0 Å². The van der Waals surface area contributed by atoms with Gasteiger partial charge in [0.1, 0.15) is 0 Å². The molecule has 1 fully saturated rings. The number of nitrogens with one attached hydrogen (secondary N) is 1. The standard InChI is InChI=1S/C16H20N2S/c1-12-3-2-4-13(9-12)14-10-15(11-14)17-6-5-16-18-7-8-19-16/h2-4,7-9,14-15,17H,5-6,10-11H2,1H3. The molecule has 0 spiro atoms. The van der Waals surface area contributed by atoms with Crippen LogP contribution in [0.1, 0.15) is 34.9 Å². The van der Waals surface area contributed by atoms with Gasteiger partial charge in [-0.05, 0) is 31.2 Å². The fraction of sp³-hybridized carbons (Fsp3) is 0.438. The summed E-state index contributed by atoms with van der Waals surface area (Å²) in [7, 11) is 0. The monoisotopic (exact) mass is 272 g/mol. The zero-order valence-corrected chi connectivity index (χ0v) is 12.1. The van der Waals surface area contributed by atoms with Crippen LogP contribution in [0.25, 0.3) is 0 Å². The fourth-order valence-corrected chi connectivity index (χ4v) is 3.36. The van der Waals surface area contributed by atoms with Gasteiger partial charge in [-0.3, -0.25) is 0 Å². The molecule has 100 valence electrons. The maximum absolute atomic E-state index is 4.31. The molecule has 1 aromatic heterocycles. The second kappa shape index (κ2) is 5.85. The molecule has 1 N–H and O–H groups in total. The second-order valence-electron chi connectivity index (χ2n) is 5.41. The molecule has 3 heteroatoms. The van der Waals surface area contributed by atoms with E-state index in [0.29, 0.717) is 6.04 Å². The van der Waals surface area contributed by atoms with Crippen molar-refractivity contribution in [1.82, 2.24) is 10.3 Å². The largest absolute Gasteiger partial charge is 0.314 e. The summed E-state index contributed by atoms with van der Waals surface area (Å²) in [6.45, 7) is 3.23. The first kappa shape index (κ1) is 12.8. The van der Waals surface area contributed by atoms with Gasteiger partial charge in [-0.25, -0.2) is 4.98 Å². The van der Waals surface area contributed by atoms with Gasteiger partial charge in [0, 0.05) is 30.6 Å². The van der Waals surface area contributed by atoms with Crippen molar-refractivity contribution in [2.45, 2.75) is 38.1 Å². The maximum Gasteiger partial charge on any atom is 0.0937 e. The van der Waals surface area contributed by atoms with Crippen LogP contribution in [0, 0.1) is 6.92 Å². The van der Waals surface area contributed by atoms with Gasteiger partial charge >= 0.3 is 0 Å². The molecular weight excluding hydrogens is 252 g/mol. The highest BCUT2D eigenvalue weighted by Gasteiger charge is 2.29. The van der Waals surface area contributed by atoms with Crippen molar-refractivity contribution >= 4 is 11.3 Å². The van der Waals surface area contributed by atoms with Gasteiger partial charge in [0.25, 0.3) is 0 Å². The molecule has 0 bridgehead atoms. The Morgan fingerprint density at radius 1 is 1.37 bits per heavy atom. The first-order valence-corrected chi connectivity index (χ1v) is 7.87. The number of rotatable bonds is 5. The lowest BCUT2D eigenvalue weighted by Gasteiger charge is -2.36. The summed E-state index contributed by atoms with van der Waals surface area (Å²) in [5.74, 6) is 0.761. The van der Waals surface area contributed by atoms with Gasteiger partial charge < -0.3 is 5.32 Å². The minimum Gasteiger partial charge on any atom is -0.314 e. The minimum absolute atomic E-state index is 0.700. The van der Waals surface area contributed by atoms with Gasteiger partial charge in [0.05, 0.1) is 5.01 Å². The zero-order valence-electron chi connectivity index (χ0n) is 11.3. The molecule has 1 saturated carbocycles. The third-order valence-corrected chi connectivity index (χ3v) is 4.75. The summed E-state index contributed by atoms with van der Waals surface area (Å²) in [6.07, 6.45) is 5.50. The first-order valence-electron chi connectivity index (χ1n) is 6.99. The molecule has 2 nitrogen and oxygen atoms in total. The van der Waals surface area contributed by atoms with Crippen LogP contribution in [0.4, 0.5) is 0 Å². The highest BCUT2D eigenvalue weighted by atomic mass is 32.1. The molecule has 1 aliphatic rings. The normalized spacial score (nSPS) is 22.2. The molecule has 0 unspecified atom stereocenters. The van der Waals surface area contributed by atoms with E-state index in [4.69, 9.17) is 0 Å². The highest BCUT2D eigenvalue weighted by Crippen LogP contribution is 2.36. The lowest BCUT2D eigenvalue weighted by Crippen LogP contribution is -2.40. The van der Waals surface area contributed by atoms with Gasteiger partial charge in [-0.15, -0.1) is 11.3 Å². The van der Waals surface area contributed by atoms with Gasteiger partial charge in [-0.1, -0.05) is 29.8 Å². The van der Waals surface area contributed by atoms with Crippen molar-refractivity contribution in [1.29, 1.82) is 0 Å². The Hall–Kier alpha value is -1.19. The predicted octanol–water partition coefficient (Wildman–Crippen LogP) is 3.53. The van der Waals surface area contributed by atoms with E-state index >= 15 is 0 Å². The summed E-state index contributed by atoms with van der Waals surface area (Å²) in [4.78, 5) is 4.31. The molecule has 1 aliphatic carbocycles. The van der Waals surface area contributed by atoms with Crippen molar-refractivity contribution < 1.29 is 0 Å². The Bertz CT molecular complexity index is 515. The van der Waals surface area contributed by atoms with E-state index < -0.39 is 0 Å². The highest BCUT2D eigenvalue weighted by molar-refractivity contribution is 7.09. The number of nitrogens with zero attached hydrogens (tertiary/aromatic N) is 1. The third-order valence-electron chi connectivity index (χ3n) is 3.91. The summed E-state index contributed by atoms with van der Waals surface area (Å²) in [6, 6.07) is 9.64. The average Bonchev–Trinajstić information content (AvgIpc) is 2.85. The molecule has 0 radical (unpaired) electrons. The summed E-state index contributed by atoms with van der Waals surface area (Å²) in [5, 5.41) is 6.92. The third kappa shape index (κ3) is 3.23. The average molecular weight is 272 g/mol. The van der Waals surface area contributed by atoms with E-state index in [1.54, 1.807) is 11.3 Å².